The average molecular weight is 387 g/mol. The molecule has 144 valence electrons. The molecule has 0 atom stereocenters. The first-order valence-corrected chi connectivity index (χ1v) is 8.66. The second kappa shape index (κ2) is 7.16. The summed E-state index contributed by atoms with van der Waals surface area (Å²) in [5, 5.41) is 0. The number of benzene rings is 1. The van der Waals surface area contributed by atoms with Crippen LogP contribution in [0.2, 0.25) is 0 Å². The third kappa shape index (κ3) is 3.79. The van der Waals surface area contributed by atoms with Gasteiger partial charge in [0.05, 0.1) is 16.8 Å². The third-order valence-corrected chi connectivity index (χ3v) is 4.65. The molecule has 28 heavy (non-hydrogen) atoms. The van der Waals surface area contributed by atoms with Gasteiger partial charge in [0.1, 0.15) is 12.2 Å². The first-order valence-electron chi connectivity index (χ1n) is 8.66. The Balaban J connectivity index is 1.57. The summed E-state index contributed by atoms with van der Waals surface area (Å²) in [6.45, 7) is 1.78. The lowest BCUT2D eigenvalue weighted by Gasteiger charge is -2.27. The maximum atomic E-state index is 12.7. The van der Waals surface area contributed by atoms with E-state index in [9.17, 15) is 18.0 Å². The van der Waals surface area contributed by atoms with Crippen molar-refractivity contribution >= 4 is 0 Å². The Morgan fingerprint density at radius 2 is 1.82 bits per heavy atom. The molecular formula is C19H16F3N5O. The molecule has 9 heteroatoms. The van der Waals surface area contributed by atoms with Gasteiger partial charge in [-0.3, -0.25) is 9.69 Å². The maximum Gasteiger partial charge on any atom is 0.416 e. The smallest absolute Gasteiger partial charge is 0.306 e. The maximum absolute atomic E-state index is 12.7. The molecule has 0 saturated carbocycles. The molecule has 0 bridgehead atoms. The minimum Gasteiger partial charge on any atom is -0.306 e. The summed E-state index contributed by atoms with van der Waals surface area (Å²) >= 11 is 0. The molecule has 1 aliphatic rings. The van der Waals surface area contributed by atoms with Gasteiger partial charge in [0.2, 0.25) is 0 Å². The van der Waals surface area contributed by atoms with Crippen molar-refractivity contribution in [3.63, 3.8) is 0 Å². The highest BCUT2D eigenvalue weighted by Crippen LogP contribution is 2.30. The van der Waals surface area contributed by atoms with Gasteiger partial charge < -0.3 is 4.98 Å². The summed E-state index contributed by atoms with van der Waals surface area (Å²) < 4.78 is 38.2. The van der Waals surface area contributed by atoms with Crippen molar-refractivity contribution in [3.05, 3.63) is 75.7 Å². The molecular weight excluding hydrogens is 371 g/mol. The zero-order valence-corrected chi connectivity index (χ0v) is 14.7. The molecule has 2 aromatic heterocycles. The van der Waals surface area contributed by atoms with Crippen LogP contribution in [-0.4, -0.2) is 31.4 Å². The number of nitrogens with zero attached hydrogens (tertiary/aromatic N) is 4. The minimum atomic E-state index is -4.40. The predicted octanol–water partition coefficient (Wildman–Crippen LogP) is 2.80. The van der Waals surface area contributed by atoms with Gasteiger partial charge in [0.15, 0.2) is 0 Å². The van der Waals surface area contributed by atoms with E-state index in [1.165, 1.54) is 18.5 Å². The van der Waals surface area contributed by atoms with Crippen LogP contribution >= 0.6 is 0 Å². The Morgan fingerprint density at radius 3 is 2.50 bits per heavy atom. The SMILES string of the molecule is O=c1[nH]c(-c2ccc(C(F)(F)F)cc2)nc2c1CN(Cc1cncnc1)CC2. The summed E-state index contributed by atoms with van der Waals surface area (Å²) in [5.74, 6) is 0.280. The number of nitrogens with one attached hydrogen (secondary N) is 1. The van der Waals surface area contributed by atoms with E-state index in [1.54, 1.807) is 12.4 Å². The summed E-state index contributed by atoms with van der Waals surface area (Å²) in [7, 11) is 0. The second-order valence-electron chi connectivity index (χ2n) is 6.62. The molecule has 4 rings (SSSR count). The van der Waals surface area contributed by atoms with Crippen LogP contribution in [0.4, 0.5) is 13.2 Å². The van der Waals surface area contributed by atoms with Gasteiger partial charge >= 0.3 is 6.18 Å². The first-order chi connectivity index (χ1) is 13.4. The standard InChI is InChI=1S/C19H16F3N5O/c20-19(21,22)14-3-1-13(2-4-14)17-25-16-5-6-27(10-15(16)18(28)26-17)9-12-7-23-11-24-8-12/h1-4,7-8,11H,5-6,9-10H2,(H,25,26,28). The van der Waals surface area contributed by atoms with Gasteiger partial charge in [-0.1, -0.05) is 12.1 Å². The summed E-state index contributed by atoms with van der Waals surface area (Å²) in [4.78, 5) is 29.8. The molecule has 1 N–H and O–H groups in total. The van der Waals surface area contributed by atoms with Crippen molar-refractivity contribution in [2.75, 3.05) is 6.54 Å². The zero-order valence-electron chi connectivity index (χ0n) is 14.7. The molecule has 1 aromatic carbocycles. The fraction of sp³-hybridized carbons (Fsp3) is 0.263. The second-order valence-corrected chi connectivity index (χ2v) is 6.62. The molecule has 0 fully saturated rings. The van der Waals surface area contributed by atoms with Crippen molar-refractivity contribution in [1.82, 2.24) is 24.8 Å². The summed E-state index contributed by atoms with van der Waals surface area (Å²) in [6, 6.07) is 4.60. The van der Waals surface area contributed by atoms with Crippen LogP contribution in [0.25, 0.3) is 11.4 Å². The number of hydrogen-bond donors (Lipinski definition) is 1. The summed E-state index contributed by atoms with van der Waals surface area (Å²) in [6.07, 6.45) is 1.12. The topological polar surface area (TPSA) is 74.8 Å². The Hall–Kier alpha value is -3.07. The minimum absolute atomic E-state index is 0.270. The van der Waals surface area contributed by atoms with Gasteiger partial charge in [0, 0.05) is 49.6 Å². The number of aromatic nitrogens is 4. The van der Waals surface area contributed by atoms with Crippen molar-refractivity contribution in [2.24, 2.45) is 0 Å². The molecule has 1 aliphatic heterocycles. The Morgan fingerprint density at radius 1 is 1.11 bits per heavy atom. The van der Waals surface area contributed by atoms with Crippen molar-refractivity contribution in [2.45, 2.75) is 25.7 Å². The lowest BCUT2D eigenvalue weighted by atomic mass is 10.1. The van der Waals surface area contributed by atoms with Crippen molar-refractivity contribution in [1.29, 1.82) is 0 Å². The van der Waals surface area contributed by atoms with E-state index in [2.05, 4.69) is 24.8 Å². The predicted molar refractivity (Wildman–Crippen MR) is 95.1 cm³/mol. The average Bonchev–Trinajstić information content (AvgIpc) is 2.68. The number of hydrogen-bond acceptors (Lipinski definition) is 5. The lowest BCUT2D eigenvalue weighted by molar-refractivity contribution is -0.137. The van der Waals surface area contributed by atoms with Crippen LogP contribution in [0.5, 0.6) is 0 Å². The van der Waals surface area contributed by atoms with Crippen LogP contribution < -0.4 is 5.56 Å². The molecule has 3 heterocycles. The third-order valence-electron chi connectivity index (χ3n) is 4.65. The molecule has 0 spiro atoms. The molecule has 0 aliphatic carbocycles. The largest absolute Gasteiger partial charge is 0.416 e. The molecule has 3 aromatic rings. The van der Waals surface area contributed by atoms with Gasteiger partial charge in [-0.25, -0.2) is 15.0 Å². The number of alkyl halides is 3. The van der Waals surface area contributed by atoms with E-state index in [0.717, 1.165) is 17.7 Å². The fourth-order valence-corrected chi connectivity index (χ4v) is 3.24. The summed E-state index contributed by atoms with van der Waals surface area (Å²) in [5.41, 5.74) is 1.65. The van der Waals surface area contributed by atoms with Crippen molar-refractivity contribution in [3.8, 4) is 11.4 Å². The number of halogens is 3. The quantitative estimate of drug-likeness (QED) is 0.748. The Bertz CT molecular complexity index is 1030. The fourth-order valence-electron chi connectivity index (χ4n) is 3.24. The van der Waals surface area contributed by atoms with Gasteiger partial charge in [-0.05, 0) is 12.1 Å². The van der Waals surface area contributed by atoms with Gasteiger partial charge in [-0.15, -0.1) is 0 Å². The monoisotopic (exact) mass is 387 g/mol. The highest BCUT2D eigenvalue weighted by molar-refractivity contribution is 5.56. The molecule has 0 amide bonds. The van der Waals surface area contributed by atoms with E-state index in [-0.39, 0.29) is 11.4 Å². The zero-order chi connectivity index (χ0) is 19.7. The number of fused-ring (bicyclic) bond motifs is 1. The number of rotatable bonds is 3. The van der Waals surface area contributed by atoms with E-state index in [1.807, 2.05) is 0 Å². The van der Waals surface area contributed by atoms with Crippen LogP contribution in [-0.2, 0) is 25.7 Å². The molecule has 0 saturated heterocycles. The highest BCUT2D eigenvalue weighted by Gasteiger charge is 2.30. The normalized spacial score (nSPS) is 14.7. The van der Waals surface area contributed by atoms with Crippen molar-refractivity contribution < 1.29 is 13.2 Å². The van der Waals surface area contributed by atoms with E-state index in [4.69, 9.17) is 0 Å². The molecule has 0 radical (unpaired) electrons. The van der Waals surface area contributed by atoms with E-state index >= 15 is 0 Å². The van der Waals surface area contributed by atoms with Crippen LogP contribution in [0.1, 0.15) is 22.4 Å². The van der Waals surface area contributed by atoms with Gasteiger partial charge in [0.25, 0.3) is 5.56 Å². The van der Waals surface area contributed by atoms with Crippen LogP contribution in [0.15, 0.2) is 47.8 Å². The van der Waals surface area contributed by atoms with E-state index in [0.29, 0.717) is 42.9 Å². The van der Waals surface area contributed by atoms with E-state index < -0.39 is 11.7 Å². The number of aromatic amines is 1. The van der Waals surface area contributed by atoms with Gasteiger partial charge in [-0.2, -0.15) is 13.2 Å². The molecule has 6 nitrogen and oxygen atoms in total. The van der Waals surface area contributed by atoms with Crippen LogP contribution in [0, 0.1) is 0 Å². The highest BCUT2D eigenvalue weighted by atomic mass is 19.4. The van der Waals surface area contributed by atoms with Crippen LogP contribution in [0.3, 0.4) is 0 Å². The lowest BCUT2D eigenvalue weighted by Crippen LogP contribution is -2.35. The first kappa shape index (κ1) is 18.3. The molecule has 0 unspecified atom stereocenters. The Labute approximate surface area is 158 Å². The Kier molecular flexibility index (Phi) is 4.68. The number of H-pyrrole nitrogens is 1.